The van der Waals surface area contributed by atoms with Crippen LogP contribution in [0.2, 0.25) is 0 Å². The summed E-state index contributed by atoms with van der Waals surface area (Å²) in [6.45, 7) is 8.37. The van der Waals surface area contributed by atoms with Crippen molar-refractivity contribution in [3.63, 3.8) is 0 Å². The van der Waals surface area contributed by atoms with Gasteiger partial charge in [-0.1, -0.05) is 0 Å². The van der Waals surface area contributed by atoms with Gasteiger partial charge in [0.25, 0.3) is 0 Å². The molecule has 0 aliphatic rings. The van der Waals surface area contributed by atoms with Crippen LogP contribution < -0.4 is 15.0 Å². The molecule has 21 heavy (non-hydrogen) atoms. The lowest BCUT2D eigenvalue weighted by atomic mass is 10.1. The Hall–Kier alpha value is -1.81. The predicted molar refractivity (Wildman–Crippen MR) is 89.3 cm³/mol. The Morgan fingerprint density at radius 2 is 2.00 bits per heavy atom. The zero-order chi connectivity index (χ0) is 15.5. The second-order valence-electron chi connectivity index (χ2n) is 6.32. The van der Waals surface area contributed by atoms with Gasteiger partial charge in [-0.3, -0.25) is 0 Å². The number of nitrogens with zero attached hydrogens (tertiary/aromatic N) is 2. The Morgan fingerprint density at radius 3 is 2.67 bits per heavy atom. The molecule has 0 spiro atoms. The third kappa shape index (κ3) is 4.08. The third-order valence-electron chi connectivity index (χ3n) is 3.41. The van der Waals surface area contributed by atoms with Crippen LogP contribution >= 0.6 is 0 Å². The first-order chi connectivity index (χ1) is 9.90. The molecule has 2 rings (SSSR count). The summed E-state index contributed by atoms with van der Waals surface area (Å²) >= 11 is 0. The molecule has 1 N–H and O–H groups in total. The van der Waals surface area contributed by atoms with Gasteiger partial charge in [-0.05, 0) is 50.4 Å². The smallest absolute Gasteiger partial charge is 0.136 e. The Kier molecular flexibility index (Phi) is 4.68. The Bertz CT molecular complexity index is 604. The van der Waals surface area contributed by atoms with Crippen molar-refractivity contribution in [1.29, 1.82) is 0 Å². The molecule has 1 aromatic carbocycles. The second-order valence-corrected chi connectivity index (χ2v) is 6.32. The van der Waals surface area contributed by atoms with Gasteiger partial charge in [-0.2, -0.15) is 0 Å². The Balaban J connectivity index is 2.17. The zero-order valence-electron chi connectivity index (χ0n) is 13.6. The van der Waals surface area contributed by atoms with Crippen LogP contribution in [0.25, 0.3) is 10.8 Å². The second kappa shape index (κ2) is 6.31. The van der Waals surface area contributed by atoms with E-state index in [0.29, 0.717) is 0 Å². The van der Waals surface area contributed by atoms with E-state index in [0.717, 1.165) is 35.4 Å². The van der Waals surface area contributed by atoms with E-state index in [4.69, 9.17) is 4.74 Å². The van der Waals surface area contributed by atoms with Crippen molar-refractivity contribution >= 4 is 16.6 Å². The van der Waals surface area contributed by atoms with E-state index in [9.17, 15) is 0 Å². The minimum atomic E-state index is 0.139. The number of benzene rings is 1. The van der Waals surface area contributed by atoms with Crippen LogP contribution in [0.1, 0.15) is 20.8 Å². The molecule has 4 nitrogen and oxygen atoms in total. The highest BCUT2D eigenvalue weighted by atomic mass is 16.5. The van der Waals surface area contributed by atoms with Crippen LogP contribution in [0.5, 0.6) is 5.75 Å². The van der Waals surface area contributed by atoms with E-state index in [-0.39, 0.29) is 5.54 Å². The number of anilines is 1. The lowest BCUT2D eigenvalue weighted by Gasteiger charge is -2.25. The molecule has 0 aliphatic carbocycles. The average molecular weight is 287 g/mol. The molecule has 0 fully saturated rings. The Morgan fingerprint density at radius 1 is 1.24 bits per heavy atom. The molecule has 0 amide bonds. The molecule has 4 heteroatoms. The van der Waals surface area contributed by atoms with Gasteiger partial charge in [0, 0.05) is 37.3 Å². The van der Waals surface area contributed by atoms with Gasteiger partial charge in [0.15, 0.2) is 0 Å². The molecule has 2 aromatic rings. The highest BCUT2D eigenvalue weighted by molar-refractivity contribution is 5.92. The summed E-state index contributed by atoms with van der Waals surface area (Å²) in [7, 11) is 3.77. The van der Waals surface area contributed by atoms with E-state index >= 15 is 0 Å². The lowest BCUT2D eigenvalue weighted by Crippen LogP contribution is -2.40. The van der Waals surface area contributed by atoms with Crippen molar-refractivity contribution in [3.05, 3.63) is 30.5 Å². The van der Waals surface area contributed by atoms with Crippen molar-refractivity contribution in [1.82, 2.24) is 10.3 Å². The fraction of sp³-hybridized carbons (Fsp3) is 0.471. The van der Waals surface area contributed by atoms with Crippen molar-refractivity contribution in [2.75, 3.05) is 32.1 Å². The minimum absolute atomic E-state index is 0.139. The molecular weight excluding hydrogens is 262 g/mol. The monoisotopic (exact) mass is 287 g/mol. The number of hydrogen-bond acceptors (Lipinski definition) is 4. The van der Waals surface area contributed by atoms with Crippen molar-refractivity contribution in [2.24, 2.45) is 0 Å². The van der Waals surface area contributed by atoms with Crippen LogP contribution in [0.15, 0.2) is 30.5 Å². The van der Waals surface area contributed by atoms with Crippen molar-refractivity contribution in [2.45, 2.75) is 26.3 Å². The van der Waals surface area contributed by atoms with E-state index in [2.05, 4.69) is 49.1 Å². The van der Waals surface area contributed by atoms with Gasteiger partial charge in [-0.25, -0.2) is 4.98 Å². The minimum Gasteiger partial charge on any atom is -0.497 e. The molecule has 1 heterocycles. The van der Waals surface area contributed by atoms with E-state index in [1.54, 1.807) is 7.11 Å². The molecule has 1 aromatic heterocycles. The predicted octanol–water partition coefficient (Wildman–Crippen LogP) is 3.07. The first-order valence-electron chi connectivity index (χ1n) is 7.29. The normalized spacial score (nSPS) is 11.7. The average Bonchev–Trinajstić information content (AvgIpc) is 2.44. The number of ether oxygens (including phenoxy) is 1. The summed E-state index contributed by atoms with van der Waals surface area (Å²) in [5, 5.41) is 5.80. The maximum absolute atomic E-state index is 5.28. The number of aromatic nitrogens is 1. The SMILES string of the molecule is COc1ccc2c(N(C)CCNC(C)(C)C)nccc2c1. The maximum Gasteiger partial charge on any atom is 0.136 e. The number of hydrogen-bond donors (Lipinski definition) is 1. The number of methoxy groups -OCH3 is 1. The standard InChI is InChI=1S/C17H25N3O/c1-17(2,3)19-10-11-20(4)16-15-7-6-14(21-5)12-13(15)8-9-18-16/h6-9,12,19H,10-11H2,1-5H3. The van der Waals surface area contributed by atoms with Crippen LogP contribution in [0, 0.1) is 0 Å². The largest absolute Gasteiger partial charge is 0.497 e. The summed E-state index contributed by atoms with van der Waals surface area (Å²) in [5.74, 6) is 1.88. The highest BCUT2D eigenvalue weighted by Crippen LogP contribution is 2.26. The first-order valence-corrected chi connectivity index (χ1v) is 7.29. The van der Waals surface area contributed by atoms with Crippen LogP contribution in [-0.4, -0.2) is 37.8 Å². The number of likely N-dealkylation sites (N-methyl/N-ethyl adjacent to an activating group) is 1. The Labute approximate surface area is 127 Å². The summed E-state index contributed by atoms with van der Waals surface area (Å²) < 4.78 is 5.28. The van der Waals surface area contributed by atoms with Crippen molar-refractivity contribution in [3.8, 4) is 5.75 Å². The van der Waals surface area contributed by atoms with Gasteiger partial charge in [0.2, 0.25) is 0 Å². The van der Waals surface area contributed by atoms with Crippen molar-refractivity contribution < 1.29 is 4.74 Å². The molecule has 114 valence electrons. The highest BCUT2D eigenvalue weighted by Gasteiger charge is 2.11. The lowest BCUT2D eigenvalue weighted by molar-refractivity contribution is 0.415. The van der Waals surface area contributed by atoms with E-state index in [1.807, 2.05) is 24.4 Å². The number of nitrogens with one attached hydrogen (secondary N) is 1. The summed E-state index contributed by atoms with van der Waals surface area (Å²) in [5.41, 5.74) is 0.139. The molecule has 0 atom stereocenters. The van der Waals surface area contributed by atoms with Crippen LogP contribution in [0.3, 0.4) is 0 Å². The van der Waals surface area contributed by atoms with Gasteiger partial charge in [-0.15, -0.1) is 0 Å². The molecule has 0 saturated carbocycles. The van der Waals surface area contributed by atoms with Gasteiger partial charge in [0.05, 0.1) is 7.11 Å². The summed E-state index contributed by atoms with van der Waals surface area (Å²) in [6.07, 6.45) is 1.85. The molecule has 0 radical (unpaired) electrons. The number of pyridine rings is 1. The molecule has 0 saturated heterocycles. The van der Waals surface area contributed by atoms with E-state index < -0.39 is 0 Å². The molecule has 0 bridgehead atoms. The topological polar surface area (TPSA) is 37.4 Å². The van der Waals surface area contributed by atoms with E-state index in [1.165, 1.54) is 0 Å². The molecular formula is C17H25N3O. The number of rotatable bonds is 5. The zero-order valence-corrected chi connectivity index (χ0v) is 13.6. The van der Waals surface area contributed by atoms with Gasteiger partial charge < -0.3 is 15.0 Å². The third-order valence-corrected chi connectivity index (χ3v) is 3.41. The first kappa shape index (κ1) is 15.6. The number of fused-ring (bicyclic) bond motifs is 1. The fourth-order valence-electron chi connectivity index (χ4n) is 2.28. The molecule has 0 unspecified atom stereocenters. The van der Waals surface area contributed by atoms with Crippen LogP contribution in [-0.2, 0) is 0 Å². The maximum atomic E-state index is 5.28. The van der Waals surface area contributed by atoms with Gasteiger partial charge in [0.1, 0.15) is 11.6 Å². The summed E-state index contributed by atoms with van der Waals surface area (Å²) in [6, 6.07) is 8.11. The van der Waals surface area contributed by atoms with Gasteiger partial charge >= 0.3 is 0 Å². The summed E-state index contributed by atoms with van der Waals surface area (Å²) in [4.78, 5) is 6.72. The fourth-order valence-corrected chi connectivity index (χ4v) is 2.28. The molecule has 0 aliphatic heterocycles. The van der Waals surface area contributed by atoms with Crippen LogP contribution in [0.4, 0.5) is 5.82 Å². The quantitative estimate of drug-likeness (QED) is 0.917.